The highest BCUT2D eigenvalue weighted by molar-refractivity contribution is 6.30. The summed E-state index contributed by atoms with van der Waals surface area (Å²) in [5, 5.41) is 16.2. The van der Waals surface area contributed by atoms with Gasteiger partial charge in [-0.1, -0.05) is 11.6 Å². The second kappa shape index (κ2) is 8.50. The van der Waals surface area contributed by atoms with Crippen molar-refractivity contribution >= 4 is 23.3 Å². The number of amides is 2. The van der Waals surface area contributed by atoms with E-state index in [2.05, 4.69) is 26.6 Å². The van der Waals surface area contributed by atoms with Gasteiger partial charge in [0.1, 0.15) is 11.3 Å². The Labute approximate surface area is 181 Å². The molecule has 2 amide bonds. The van der Waals surface area contributed by atoms with E-state index in [-0.39, 0.29) is 23.5 Å². The Morgan fingerprint density at radius 3 is 2.67 bits per heavy atom. The maximum absolute atomic E-state index is 12.6. The number of piperidine rings is 1. The predicted molar refractivity (Wildman–Crippen MR) is 115 cm³/mol. The normalized spacial score (nSPS) is 22.6. The summed E-state index contributed by atoms with van der Waals surface area (Å²) in [7, 11) is 1.61. The lowest BCUT2D eigenvalue weighted by Gasteiger charge is -2.40. The summed E-state index contributed by atoms with van der Waals surface area (Å²) in [5.41, 5.74) is 1.21. The average Bonchev–Trinajstić information content (AvgIpc) is 3.57. The number of benzene rings is 1. The molecule has 1 saturated carbocycles. The number of nitrogens with zero attached hydrogens (tertiary/aromatic N) is 3. The third-order valence-corrected chi connectivity index (χ3v) is 6.20. The first kappa shape index (κ1) is 20.5. The first-order chi connectivity index (χ1) is 14.5. The molecule has 2 fully saturated rings. The van der Waals surface area contributed by atoms with Crippen molar-refractivity contribution in [2.24, 2.45) is 0 Å². The quantitative estimate of drug-likeness (QED) is 0.760. The van der Waals surface area contributed by atoms with E-state index < -0.39 is 0 Å². The first-order valence-corrected chi connectivity index (χ1v) is 10.4. The largest absolute Gasteiger partial charge is 0.495 e. The summed E-state index contributed by atoms with van der Waals surface area (Å²) < 4.78 is 5.22. The Kier molecular flexibility index (Phi) is 5.80. The summed E-state index contributed by atoms with van der Waals surface area (Å²) in [4.78, 5) is 19.4. The molecule has 0 unspecified atom stereocenters. The zero-order valence-corrected chi connectivity index (χ0v) is 17.5. The smallest absolute Gasteiger partial charge is 0.319 e. The molecule has 7 nitrogen and oxygen atoms in total. The Morgan fingerprint density at radius 1 is 1.30 bits per heavy atom. The van der Waals surface area contributed by atoms with Crippen molar-refractivity contribution in [3.8, 4) is 11.8 Å². The summed E-state index contributed by atoms with van der Waals surface area (Å²) in [6, 6.07) is 12.9. The summed E-state index contributed by atoms with van der Waals surface area (Å²) >= 11 is 5.91. The van der Waals surface area contributed by atoms with Gasteiger partial charge in [0.2, 0.25) is 0 Å². The van der Waals surface area contributed by atoms with Crippen LogP contribution < -0.4 is 15.4 Å². The second-order valence-corrected chi connectivity index (χ2v) is 8.26. The average molecular weight is 426 g/mol. The second-order valence-electron chi connectivity index (χ2n) is 7.82. The molecular weight excluding hydrogens is 402 g/mol. The highest BCUT2D eigenvalue weighted by Gasteiger charge is 2.51. The van der Waals surface area contributed by atoms with E-state index in [1.165, 1.54) is 0 Å². The van der Waals surface area contributed by atoms with Crippen molar-refractivity contribution < 1.29 is 9.53 Å². The zero-order chi connectivity index (χ0) is 21.1. The number of methoxy groups -OCH3 is 1. The van der Waals surface area contributed by atoms with E-state index >= 15 is 0 Å². The van der Waals surface area contributed by atoms with E-state index in [4.69, 9.17) is 16.3 Å². The van der Waals surface area contributed by atoms with E-state index in [9.17, 15) is 10.1 Å². The molecule has 1 aromatic carbocycles. The van der Waals surface area contributed by atoms with Gasteiger partial charge in [0.05, 0.1) is 19.4 Å². The van der Waals surface area contributed by atoms with Crippen LogP contribution in [-0.2, 0) is 0 Å². The molecule has 2 aromatic rings. The molecular formula is C22H24ClN5O2. The number of hydrogen-bond donors (Lipinski definition) is 2. The van der Waals surface area contributed by atoms with Crippen LogP contribution in [-0.4, -0.2) is 47.7 Å². The van der Waals surface area contributed by atoms with Gasteiger partial charge >= 0.3 is 6.03 Å². The molecule has 1 saturated heterocycles. The number of halogens is 1. The fourth-order valence-electron chi connectivity index (χ4n) is 4.03. The van der Waals surface area contributed by atoms with Gasteiger partial charge in [-0.15, -0.1) is 0 Å². The third-order valence-electron chi connectivity index (χ3n) is 5.94. The third kappa shape index (κ3) is 4.35. The van der Waals surface area contributed by atoms with Crippen molar-refractivity contribution in [1.29, 1.82) is 5.26 Å². The lowest BCUT2D eigenvalue weighted by molar-refractivity contribution is 0.139. The highest BCUT2D eigenvalue weighted by atomic mass is 35.5. The first-order valence-electron chi connectivity index (χ1n) is 10.0. The Bertz CT molecular complexity index is 937. The van der Waals surface area contributed by atoms with E-state index in [1.54, 1.807) is 37.6 Å². The van der Waals surface area contributed by atoms with Crippen LogP contribution in [0.2, 0.25) is 5.02 Å². The molecule has 0 bridgehead atoms. The van der Waals surface area contributed by atoms with E-state index in [0.29, 0.717) is 23.0 Å². The van der Waals surface area contributed by atoms with Gasteiger partial charge in [0, 0.05) is 41.5 Å². The molecule has 2 atom stereocenters. The molecule has 1 aliphatic heterocycles. The fourth-order valence-corrected chi connectivity index (χ4v) is 4.16. The van der Waals surface area contributed by atoms with Crippen LogP contribution in [0.5, 0.6) is 5.75 Å². The van der Waals surface area contributed by atoms with Gasteiger partial charge in [-0.05, 0) is 55.7 Å². The van der Waals surface area contributed by atoms with Crippen molar-refractivity contribution in [2.75, 3.05) is 25.5 Å². The van der Waals surface area contributed by atoms with Gasteiger partial charge in [0.25, 0.3) is 0 Å². The van der Waals surface area contributed by atoms with E-state index in [0.717, 1.165) is 31.5 Å². The van der Waals surface area contributed by atoms with Crippen LogP contribution in [0, 0.1) is 11.3 Å². The molecule has 1 aliphatic carbocycles. The van der Waals surface area contributed by atoms with Gasteiger partial charge < -0.3 is 15.4 Å². The van der Waals surface area contributed by atoms with Crippen molar-refractivity contribution in [1.82, 2.24) is 15.2 Å². The maximum atomic E-state index is 12.6. The minimum absolute atomic E-state index is 0.0218. The molecule has 30 heavy (non-hydrogen) atoms. The number of urea groups is 1. The molecule has 4 rings (SSSR count). The topological polar surface area (TPSA) is 90.3 Å². The Balaban J connectivity index is 1.50. The lowest BCUT2D eigenvalue weighted by Crippen LogP contribution is -2.53. The molecule has 8 heteroatoms. The molecule has 2 N–H and O–H groups in total. The Morgan fingerprint density at radius 2 is 2.07 bits per heavy atom. The van der Waals surface area contributed by atoms with Crippen LogP contribution in [0.25, 0.3) is 0 Å². The van der Waals surface area contributed by atoms with Gasteiger partial charge in [-0.2, -0.15) is 5.26 Å². The number of carbonyl (C=O) groups excluding carboxylic acids is 1. The summed E-state index contributed by atoms with van der Waals surface area (Å²) in [5.74, 6) is 0.665. The minimum Gasteiger partial charge on any atom is -0.495 e. The number of anilines is 1. The van der Waals surface area contributed by atoms with Crippen LogP contribution in [0.1, 0.15) is 30.9 Å². The van der Waals surface area contributed by atoms with Crippen molar-refractivity contribution in [2.45, 2.75) is 36.8 Å². The number of aromatic nitrogens is 1. The van der Waals surface area contributed by atoms with E-state index in [1.807, 2.05) is 12.1 Å². The van der Waals surface area contributed by atoms with Crippen molar-refractivity contribution in [3.63, 3.8) is 0 Å². The van der Waals surface area contributed by atoms with Crippen LogP contribution in [0.3, 0.4) is 0 Å². The molecule has 0 radical (unpaired) electrons. The number of ether oxygens (including phenoxy) is 1. The monoisotopic (exact) mass is 425 g/mol. The SMILES string of the molecule is COc1ccc([C@@H]2CN(C3(C#N)CC3)CC[C@H]2NC(=O)Nc2ccc(Cl)cc2)nc1. The number of pyridine rings is 1. The number of rotatable bonds is 5. The van der Waals surface area contributed by atoms with Crippen molar-refractivity contribution in [3.05, 3.63) is 53.3 Å². The number of nitriles is 1. The molecule has 0 spiro atoms. The number of likely N-dealkylation sites (tertiary alicyclic amines) is 1. The van der Waals surface area contributed by atoms with Gasteiger partial charge in [-0.3, -0.25) is 9.88 Å². The Hall–Kier alpha value is -2.82. The number of nitrogens with one attached hydrogen (secondary N) is 2. The van der Waals surface area contributed by atoms with Crippen LogP contribution in [0.4, 0.5) is 10.5 Å². The van der Waals surface area contributed by atoms with Gasteiger partial charge in [-0.25, -0.2) is 4.79 Å². The van der Waals surface area contributed by atoms with Crippen LogP contribution >= 0.6 is 11.6 Å². The zero-order valence-electron chi connectivity index (χ0n) is 16.8. The summed E-state index contributed by atoms with van der Waals surface area (Å²) in [6.07, 6.45) is 4.25. The van der Waals surface area contributed by atoms with Crippen LogP contribution in [0.15, 0.2) is 42.6 Å². The maximum Gasteiger partial charge on any atom is 0.319 e. The number of carbonyl (C=O) groups is 1. The summed E-state index contributed by atoms with van der Waals surface area (Å²) in [6.45, 7) is 1.45. The molecule has 2 aliphatic rings. The highest BCUT2D eigenvalue weighted by Crippen LogP contribution is 2.44. The lowest BCUT2D eigenvalue weighted by atomic mass is 9.87. The number of hydrogen-bond acceptors (Lipinski definition) is 5. The van der Waals surface area contributed by atoms with Gasteiger partial charge in [0.15, 0.2) is 0 Å². The fraction of sp³-hybridized carbons (Fsp3) is 0.409. The minimum atomic E-state index is -0.346. The molecule has 1 aromatic heterocycles. The molecule has 156 valence electrons. The predicted octanol–water partition coefficient (Wildman–Crippen LogP) is 3.78. The standard InChI is InChI=1S/C22H24ClN5O2/c1-30-17-6-7-19(25-12-17)18-13-28(22(14-24)9-10-22)11-8-20(18)27-21(29)26-16-4-2-15(23)3-5-16/h2-7,12,18,20H,8-11,13H2,1H3,(H2,26,27,29)/t18-,20+/m0/s1. The molecule has 2 heterocycles.